The molecule has 0 aliphatic heterocycles. The molecule has 4 aromatic rings. The van der Waals surface area contributed by atoms with Gasteiger partial charge in [-0.3, -0.25) is 14.1 Å². The minimum absolute atomic E-state index is 0.231. The summed E-state index contributed by atoms with van der Waals surface area (Å²) in [5, 5.41) is 3.23. The van der Waals surface area contributed by atoms with E-state index in [0.29, 0.717) is 46.6 Å². The highest BCUT2D eigenvalue weighted by molar-refractivity contribution is 7.93. The summed E-state index contributed by atoms with van der Waals surface area (Å²) in [5.41, 5.74) is 1.66. The Kier molecular flexibility index (Phi) is 5.62. The normalized spacial score (nSPS) is 13.3. The number of terminal acetylenes is 1. The number of anilines is 3. The van der Waals surface area contributed by atoms with Gasteiger partial charge in [0.05, 0.1) is 34.8 Å². The molecule has 2 N–H and O–H groups in total. The van der Waals surface area contributed by atoms with Crippen molar-refractivity contribution in [2.75, 3.05) is 17.1 Å². The Labute approximate surface area is 201 Å². The summed E-state index contributed by atoms with van der Waals surface area (Å²) in [6.45, 7) is 0. The van der Waals surface area contributed by atoms with Gasteiger partial charge < -0.3 is 10.1 Å². The zero-order chi connectivity index (χ0) is 24.6. The van der Waals surface area contributed by atoms with Crippen molar-refractivity contribution in [3.05, 3.63) is 76.7 Å². The SMILES string of the molecule is C#Cc1cc(=O)n(-c2cccc(NS(=O)(=O)C3CC3)c2)c2nc(Nc3ccccc3OC)ncc12. The molecule has 1 aliphatic carbocycles. The highest BCUT2D eigenvalue weighted by atomic mass is 32.2. The van der Waals surface area contributed by atoms with E-state index >= 15 is 0 Å². The van der Waals surface area contributed by atoms with Gasteiger partial charge in [0.25, 0.3) is 5.56 Å². The van der Waals surface area contributed by atoms with Gasteiger partial charge in [0.15, 0.2) is 5.65 Å². The molecule has 5 rings (SSSR count). The van der Waals surface area contributed by atoms with Crippen molar-refractivity contribution in [3.8, 4) is 23.8 Å². The lowest BCUT2D eigenvalue weighted by atomic mass is 10.1. The molecule has 9 nitrogen and oxygen atoms in total. The quantitative estimate of drug-likeness (QED) is 0.384. The van der Waals surface area contributed by atoms with Crippen LogP contribution in [0.4, 0.5) is 17.3 Å². The third kappa shape index (κ3) is 4.41. The predicted molar refractivity (Wildman–Crippen MR) is 135 cm³/mol. The van der Waals surface area contributed by atoms with Crippen LogP contribution in [0.2, 0.25) is 0 Å². The van der Waals surface area contributed by atoms with Crippen molar-refractivity contribution >= 4 is 38.4 Å². The summed E-state index contributed by atoms with van der Waals surface area (Å²) in [7, 11) is -1.90. The monoisotopic (exact) mass is 487 g/mol. The maximum atomic E-state index is 13.1. The highest BCUT2D eigenvalue weighted by Gasteiger charge is 2.35. The summed E-state index contributed by atoms with van der Waals surface area (Å²) in [6, 6.07) is 15.2. The van der Waals surface area contributed by atoms with Crippen LogP contribution < -0.4 is 20.3 Å². The lowest BCUT2D eigenvalue weighted by Crippen LogP contribution is -2.21. The summed E-state index contributed by atoms with van der Waals surface area (Å²) in [5.74, 6) is 3.34. The Balaban J connectivity index is 1.63. The fraction of sp³-hybridized carbons (Fsp3) is 0.160. The molecule has 2 aromatic carbocycles. The van der Waals surface area contributed by atoms with Crippen molar-refractivity contribution in [2.45, 2.75) is 18.1 Å². The molecule has 1 fully saturated rings. The molecule has 0 saturated heterocycles. The number of para-hydroxylation sites is 2. The number of fused-ring (bicyclic) bond motifs is 1. The number of aromatic nitrogens is 3. The zero-order valence-electron chi connectivity index (χ0n) is 18.7. The fourth-order valence-electron chi connectivity index (χ4n) is 3.74. The largest absolute Gasteiger partial charge is 0.495 e. The molecule has 1 saturated carbocycles. The Hall–Kier alpha value is -4.36. The predicted octanol–water partition coefficient (Wildman–Crippen LogP) is 3.42. The number of hydrogen-bond acceptors (Lipinski definition) is 7. The summed E-state index contributed by atoms with van der Waals surface area (Å²) in [6.07, 6.45) is 8.47. The van der Waals surface area contributed by atoms with Crippen molar-refractivity contribution < 1.29 is 13.2 Å². The van der Waals surface area contributed by atoms with Crippen LogP contribution >= 0.6 is 0 Å². The fourth-order valence-corrected chi connectivity index (χ4v) is 5.11. The molecule has 0 atom stereocenters. The van der Waals surface area contributed by atoms with Gasteiger partial charge in [0, 0.05) is 17.8 Å². The van der Waals surface area contributed by atoms with Crippen LogP contribution in [0, 0.1) is 12.3 Å². The topological polar surface area (TPSA) is 115 Å². The number of ether oxygens (including phenoxy) is 1. The Bertz CT molecular complexity index is 1650. The Morgan fingerprint density at radius 1 is 1.14 bits per heavy atom. The maximum absolute atomic E-state index is 13.1. The van der Waals surface area contributed by atoms with Crippen LogP contribution in [0.25, 0.3) is 16.7 Å². The Morgan fingerprint density at radius 3 is 2.69 bits per heavy atom. The van der Waals surface area contributed by atoms with Crippen molar-refractivity contribution in [2.24, 2.45) is 0 Å². The van der Waals surface area contributed by atoms with E-state index in [9.17, 15) is 13.2 Å². The lowest BCUT2D eigenvalue weighted by Gasteiger charge is -2.14. The van der Waals surface area contributed by atoms with Crippen LogP contribution in [-0.4, -0.2) is 35.3 Å². The smallest absolute Gasteiger partial charge is 0.258 e. The van der Waals surface area contributed by atoms with Gasteiger partial charge in [-0.05, 0) is 43.2 Å². The molecule has 176 valence electrons. The number of sulfonamides is 1. The molecule has 2 heterocycles. The van der Waals surface area contributed by atoms with E-state index < -0.39 is 15.6 Å². The van der Waals surface area contributed by atoms with Gasteiger partial charge >= 0.3 is 0 Å². The van der Waals surface area contributed by atoms with Gasteiger partial charge in [-0.1, -0.05) is 24.1 Å². The first-order valence-electron chi connectivity index (χ1n) is 10.8. The molecule has 0 radical (unpaired) electrons. The minimum Gasteiger partial charge on any atom is -0.495 e. The van der Waals surface area contributed by atoms with Crippen LogP contribution in [0.15, 0.2) is 65.6 Å². The van der Waals surface area contributed by atoms with Crippen LogP contribution in [0.3, 0.4) is 0 Å². The van der Waals surface area contributed by atoms with Gasteiger partial charge in [0.1, 0.15) is 5.75 Å². The van der Waals surface area contributed by atoms with E-state index in [-0.39, 0.29) is 16.8 Å². The summed E-state index contributed by atoms with van der Waals surface area (Å²) >= 11 is 0. The van der Waals surface area contributed by atoms with E-state index in [2.05, 4.69) is 25.9 Å². The van der Waals surface area contributed by atoms with E-state index in [1.54, 1.807) is 43.6 Å². The molecule has 0 unspecified atom stereocenters. The van der Waals surface area contributed by atoms with Gasteiger partial charge in [-0.2, -0.15) is 4.98 Å². The molecule has 0 amide bonds. The second-order valence-electron chi connectivity index (χ2n) is 8.03. The van der Waals surface area contributed by atoms with E-state index in [4.69, 9.17) is 11.2 Å². The third-order valence-electron chi connectivity index (χ3n) is 5.60. The maximum Gasteiger partial charge on any atom is 0.258 e. The number of methoxy groups -OCH3 is 1. The molecule has 10 heteroatoms. The average molecular weight is 488 g/mol. The zero-order valence-corrected chi connectivity index (χ0v) is 19.5. The van der Waals surface area contributed by atoms with E-state index in [0.717, 1.165) is 0 Å². The number of nitrogens with zero attached hydrogens (tertiary/aromatic N) is 3. The van der Waals surface area contributed by atoms with Crippen LogP contribution in [0.5, 0.6) is 5.75 Å². The van der Waals surface area contributed by atoms with Gasteiger partial charge in [-0.25, -0.2) is 13.4 Å². The molecule has 2 aromatic heterocycles. The van der Waals surface area contributed by atoms with Gasteiger partial charge in [0.2, 0.25) is 16.0 Å². The standard InChI is InChI=1S/C25H21N5O4S/c1-3-16-13-23(31)30(18-8-6-7-17(14-18)29-35(32,33)19-11-12-19)24-20(16)15-26-25(28-24)27-21-9-4-5-10-22(21)34-2/h1,4-10,13-15,19,29H,11-12H2,2H3,(H,26,27,28). The Morgan fingerprint density at radius 2 is 1.94 bits per heavy atom. The molecule has 35 heavy (non-hydrogen) atoms. The van der Waals surface area contributed by atoms with Crippen molar-refractivity contribution in [3.63, 3.8) is 0 Å². The third-order valence-corrected chi connectivity index (χ3v) is 7.46. The average Bonchev–Trinajstić information content (AvgIpc) is 3.70. The van der Waals surface area contributed by atoms with Crippen LogP contribution in [0.1, 0.15) is 18.4 Å². The second kappa shape index (κ2) is 8.77. The second-order valence-corrected chi connectivity index (χ2v) is 9.99. The molecule has 1 aliphatic rings. The van der Waals surface area contributed by atoms with Crippen molar-refractivity contribution in [1.29, 1.82) is 0 Å². The number of hydrogen-bond donors (Lipinski definition) is 2. The number of rotatable bonds is 7. The number of pyridine rings is 1. The summed E-state index contributed by atoms with van der Waals surface area (Å²) < 4.78 is 34.2. The van der Waals surface area contributed by atoms with Crippen molar-refractivity contribution in [1.82, 2.24) is 14.5 Å². The lowest BCUT2D eigenvalue weighted by molar-refractivity contribution is 0.417. The molecular weight excluding hydrogens is 466 g/mol. The highest BCUT2D eigenvalue weighted by Crippen LogP contribution is 2.30. The van der Waals surface area contributed by atoms with E-state index in [1.807, 2.05) is 18.2 Å². The minimum atomic E-state index is -3.46. The molecule has 0 bridgehead atoms. The number of benzene rings is 2. The first kappa shape index (κ1) is 22.4. The molecular formula is C25H21N5O4S. The first-order chi connectivity index (χ1) is 16.9. The van der Waals surface area contributed by atoms with Gasteiger partial charge in [-0.15, -0.1) is 6.42 Å². The molecule has 0 spiro atoms. The first-order valence-corrected chi connectivity index (χ1v) is 12.4. The van der Waals surface area contributed by atoms with E-state index in [1.165, 1.54) is 10.6 Å². The number of nitrogens with one attached hydrogen (secondary N) is 2. The summed E-state index contributed by atoms with van der Waals surface area (Å²) in [4.78, 5) is 22.1. The van der Waals surface area contributed by atoms with Crippen LogP contribution in [-0.2, 0) is 10.0 Å².